The van der Waals surface area contributed by atoms with E-state index in [1.165, 1.54) is 0 Å². The van der Waals surface area contributed by atoms with E-state index in [0.29, 0.717) is 18.7 Å². The highest BCUT2D eigenvalue weighted by Crippen LogP contribution is 2.30. The van der Waals surface area contributed by atoms with Gasteiger partial charge in [-0.2, -0.15) is 5.26 Å². The SMILES string of the molecule is Cc1ccc2oc(C(=O)N(CCC#N)C3CC3)cc2c1. The zero-order valence-electron chi connectivity index (χ0n) is 11.4. The molecule has 1 aromatic carbocycles. The van der Waals surface area contributed by atoms with Gasteiger partial charge in [0.1, 0.15) is 5.58 Å². The van der Waals surface area contributed by atoms with Crippen LogP contribution in [0.2, 0.25) is 0 Å². The number of carbonyl (C=O) groups is 1. The van der Waals surface area contributed by atoms with Crippen LogP contribution in [0.4, 0.5) is 0 Å². The maximum atomic E-state index is 12.5. The van der Waals surface area contributed by atoms with Gasteiger partial charge in [-0.3, -0.25) is 4.79 Å². The average Bonchev–Trinajstić information content (AvgIpc) is 3.18. The van der Waals surface area contributed by atoms with E-state index in [1.807, 2.05) is 25.1 Å². The monoisotopic (exact) mass is 268 g/mol. The third kappa shape index (κ3) is 2.39. The van der Waals surface area contributed by atoms with Crippen molar-refractivity contribution in [3.05, 3.63) is 35.6 Å². The molecule has 102 valence electrons. The van der Waals surface area contributed by atoms with E-state index in [-0.39, 0.29) is 11.9 Å². The van der Waals surface area contributed by atoms with E-state index in [9.17, 15) is 4.79 Å². The maximum Gasteiger partial charge on any atom is 0.289 e. The third-order valence-electron chi connectivity index (χ3n) is 3.60. The molecule has 0 aliphatic heterocycles. The molecule has 4 heteroatoms. The molecule has 1 fully saturated rings. The summed E-state index contributed by atoms with van der Waals surface area (Å²) in [4.78, 5) is 14.3. The normalized spacial score (nSPS) is 14.2. The highest BCUT2D eigenvalue weighted by atomic mass is 16.3. The van der Waals surface area contributed by atoms with Gasteiger partial charge < -0.3 is 9.32 Å². The Morgan fingerprint density at radius 1 is 1.45 bits per heavy atom. The molecule has 1 heterocycles. The summed E-state index contributed by atoms with van der Waals surface area (Å²) >= 11 is 0. The number of amides is 1. The molecule has 1 aliphatic rings. The molecule has 1 aromatic heterocycles. The largest absolute Gasteiger partial charge is 0.451 e. The second-order valence-electron chi connectivity index (χ2n) is 5.29. The second-order valence-corrected chi connectivity index (χ2v) is 5.29. The van der Waals surface area contributed by atoms with Crippen LogP contribution in [0.3, 0.4) is 0 Å². The first kappa shape index (κ1) is 12.7. The van der Waals surface area contributed by atoms with E-state index in [1.54, 1.807) is 11.0 Å². The summed E-state index contributed by atoms with van der Waals surface area (Å²) in [5, 5.41) is 9.65. The lowest BCUT2D eigenvalue weighted by Crippen LogP contribution is -2.33. The summed E-state index contributed by atoms with van der Waals surface area (Å²) < 4.78 is 5.65. The number of aryl methyl sites for hydroxylation is 1. The predicted octanol–water partition coefficient (Wildman–Crippen LogP) is 3.26. The third-order valence-corrected chi connectivity index (χ3v) is 3.60. The summed E-state index contributed by atoms with van der Waals surface area (Å²) in [5.41, 5.74) is 1.87. The van der Waals surface area contributed by atoms with Gasteiger partial charge in [0.15, 0.2) is 5.76 Å². The Labute approximate surface area is 117 Å². The number of carbonyl (C=O) groups excluding carboxylic acids is 1. The Morgan fingerprint density at radius 3 is 2.95 bits per heavy atom. The molecular formula is C16H16N2O2. The molecular weight excluding hydrogens is 252 g/mol. The van der Waals surface area contributed by atoms with Crippen LogP contribution in [0, 0.1) is 18.3 Å². The molecule has 1 amide bonds. The first-order chi connectivity index (χ1) is 9.69. The number of benzene rings is 1. The number of fused-ring (bicyclic) bond motifs is 1. The number of hydrogen-bond acceptors (Lipinski definition) is 3. The summed E-state index contributed by atoms with van der Waals surface area (Å²) in [6.07, 6.45) is 2.41. The number of nitrogens with zero attached hydrogens (tertiary/aromatic N) is 2. The predicted molar refractivity (Wildman–Crippen MR) is 75.2 cm³/mol. The molecule has 0 atom stereocenters. The quantitative estimate of drug-likeness (QED) is 0.855. The Kier molecular flexibility index (Phi) is 3.19. The molecule has 2 aromatic rings. The number of hydrogen-bond donors (Lipinski definition) is 0. The van der Waals surface area contributed by atoms with Crippen molar-refractivity contribution in [1.82, 2.24) is 4.90 Å². The first-order valence-electron chi connectivity index (χ1n) is 6.87. The van der Waals surface area contributed by atoms with Crippen LogP contribution in [0.25, 0.3) is 11.0 Å². The highest BCUT2D eigenvalue weighted by molar-refractivity contribution is 5.96. The van der Waals surface area contributed by atoms with Crippen molar-refractivity contribution < 1.29 is 9.21 Å². The van der Waals surface area contributed by atoms with Gasteiger partial charge in [0.25, 0.3) is 5.91 Å². The lowest BCUT2D eigenvalue weighted by Gasteiger charge is -2.19. The van der Waals surface area contributed by atoms with E-state index < -0.39 is 0 Å². The van der Waals surface area contributed by atoms with Crippen molar-refractivity contribution in [3.63, 3.8) is 0 Å². The van der Waals surface area contributed by atoms with Gasteiger partial charge >= 0.3 is 0 Å². The fourth-order valence-corrected chi connectivity index (χ4v) is 2.42. The minimum Gasteiger partial charge on any atom is -0.451 e. The van der Waals surface area contributed by atoms with E-state index in [2.05, 4.69) is 6.07 Å². The second kappa shape index (κ2) is 5.01. The van der Waals surface area contributed by atoms with Crippen molar-refractivity contribution in [2.24, 2.45) is 0 Å². The molecule has 0 N–H and O–H groups in total. The van der Waals surface area contributed by atoms with E-state index >= 15 is 0 Å². The molecule has 0 spiro atoms. The van der Waals surface area contributed by atoms with Crippen molar-refractivity contribution in [3.8, 4) is 6.07 Å². The zero-order chi connectivity index (χ0) is 14.1. The fraction of sp³-hybridized carbons (Fsp3) is 0.375. The smallest absolute Gasteiger partial charge is 0.289 e. The molecule has 0 bridgehead atoms. The van der Waals surface area contributed by atoms with Crippen molar-refractivity contribution >= 4 is 16.9 Å². The number of furan rings is 1. The Morgan fingerprint density at radius 2 is 2.25 bits per heavy atom. The van der Waals surface area contributed by atoms with Crippen LogP contribution in [-0.2, 0) is 0 Å². The topological polar surface area (TPSA) is 57.2 Å². The minimum atomic E-state index is -0.100. The molecule has 1 saturated carbocycles. The molecule has 4 nitrogen and oxygen atoms in total. The van der Waals surface area contributed by atoms with E-state index in [4.69, 9.17) is 9.68 Å². The zero-order valence-corrected chi connectivity index (χ0v) is 11.4. The van der Waals surface area contributed by atoms with Crippen molar-refractivity contribution in [2.75, 3.05) is 6.54 Å². The van der Waals surface area contributed by atoms with Gasteiger partial charge in [-0.25, -0.2) is 0 Å². The van der Waals surface area contributed by atoms with Crippen LogP contribution in [0.15, 0.2) is 28.7 Å². The molecule has 3 rings (SSSR count). The summed E-state index contributed by atoms with van der Waals surface area (Å²) in [6, 6.07) is 10.0. The lowest BCUT2D eigenvalue weighted by molar-refractivity contribution is 0.0717. The summed E-state index contributed by atoms with van der Waals surface area (Å²) in [6.45, 7) is 2.49. The fourth-order valence-electron chi connectivity index (χ4n) is 2.42. The summed E-state index contributed by atoms with van der Waals surface area (Å²) in [7, 11) is 0. The van der Waals surface area contributed by atoms with Gasteiger partial charge in [0.05, 0.1) is 12.5 Å². The molecule has 0 saturated heterocycles. The van der Waals surface area contributed by atoms with Crippen molar-refractivity contribution in [2.45, 2.75) is 32.2 Å². The Balaban J connectivity index is 1.88. The van der Waals surface area contributed by atoms with Crippen molar-refractivity contribution in [1.29, 1.82) is 5.26 Å². The van der Waals surface area contributed by atoms with Crippen LogP contribution in [-0.4, -0.2) is 23.4 Å². The highest BCUT2D eigenvalue weighted by Gasteiger charge is 2.34. The standard InChI is InChI=1S/C16H16N2O2/c1-11-3-6-14-12(9-11)10-15(20-14)16(19)18(8-2-7-17)13-4-5-13/h3,6,9-10,13H,2,4-5,8H2,1H3. The van der Waals surface area contributed by atoms with Crippen LogP contribution < -0.4 is 0 Å². The number of nitriles is 1. The molecule has 20 heavy (non-hydrogen) atoms. The molecule has 0 unspecified atom stereocenters. The van der Waals surface area contributed by atoms with Gasteiger partial charge in [-0.15, -0.1) is 0 Å². The Hall–Kier alpha value is -2.28. The minimum absolute atomic E-state index is 0.100. The molecule has 0 radical (unpaired) electrons. The lowest BCUT2D eigenvalue weighted by atomic mass is 10.2. The van der Waals surface area contributed by atoms with Crippen LogP contribution >= 0.6 is 0 Å². The van der Waals surface area contributed by atoms with Crippen LogP contribution in [0.1, 0.15) is 35.4 Å². The van der Waals surface area contributed by atoms with Gasteiger partial charge in [0, 0.05) is 18.0 Å². The summed E-state index contributed by atoms with van der Waals surface area (Å²) in [5.74, 6) is 0.270. The maximum absolute atomic E-state index is 12.5. The van der Waals surface area contributed by atoms with Gasteiger partial charge in [0.2, 0.25) is 0 Å². The Bertz CT molecular complexity index is 692. The van der Waals surface area contributed by atoms with Gasteiger partial charge in [-0.05, 0) is 38.0 Å². The number of rotatable bonds is 4. The first-order valence-corrected chi connectivity index (χ1v) is 6.87. The van der Waals surface area contributed by atoms with Crippen LogP contribution in [0.5, 0.6) is 0 Å². The van der Waals surface area contributed by atoms with E-state index in [0.717, 1.165) is 29.4 Å². The molecule has 1 aliphatic carbocycles. The van der Waals surface area contributed by atoms with Gasteiger partial charge in [-0.1, -0.05) is 11.6 Å². The average molecular weight is 268 g/mol.